The standard InChI is InChI=1S/C18H18N2O5/c1-11(18(23)24)19-16(21)14-9-12-5-2-3-6-13(12)10-20(14)17(22)15-7-4-8-25-15/h2-8,11,14H,9-10H2,1H3,(H,19,21)(H,23,24). The third-order valence-corrected chi connectivity index (χ3v) is 4.27. The minimum atomic E-state index is -1.13. The Kier molecular flexibility index (Phi) is 4.56. The number of carbonyl (C=O) groups excluding carboxylic acids is 2. The summed E-state index contributed by atoms with van der Waals surface area (Å²) in [6.45, 7) is 1.64. The second-order valence-corrected chi connectivity index (χ2v) is 5.97. The van der Waals surface area contributed by atoms with Crippen LogP contribution < -0.4 is 5.32 Å². The highest BCUT2D eigenvalue weighted by Gasteiger charge is 2.36. The van der Waals surface area contributed by atoms with Crippen molar-refractivity contribution in [1.82, 2.24) is 10.2 Å². The number of nitrogens with one attached hydrogen (secondary N) is 1. The van der Waals surface area contributed by atoms with E-state index in [1.807, 2.05) is 24.3 Å². The van der Waals surface area contributed by atoms with Crippen molar-refractivity contribution in [2.45, 2.75) is 32.0 Å². The second-order valence-electron chi connectivity index (χ2n) is 5.97. The molecule has 2 amide bonds. The molecule has 2 heterocycles. The number of hydrogen-bond acceptors (Lipinski definition) is 4. The van der Waals surface area contributed by atoms with Crippen LogP contribution in [0.25, 0.3) is 0 Å². The molecule has 1 aromatic carbocycles. The molecule has 0 bridgehead atoms. The maximum Gasteiger partial charge on any atom is 0.325 e. The number of carboxylic acid groups (broad SMARTS) is 1. The van der Waals surface area contributed by atoms with Crippen molar-refractivity contribution < 1.29 is 23.9 Å². The smallest absolute Gasteiger partial charge is 0.325 e. The number of carboxylic acids is 1. The van der Waals surface area contributed by atoms with E-state index in [4.69, 9.17) is 9.52 Å². The van der Waals surface area contributed by atoms with Gasteiger partial charge < -0.3 is 19.7 Å². The number of nitrogens with zero attached hydrogens (tertiary/aromatic N) is 1. The third-order valence-electron chi connectivity index (χ3n) is 4.27. The molecule has 130 valence electrons. The number of hydrogen-bond donors (Lipinski definition) is 2. The molecular weight excluding hydrogens is 324 g/mol. The van der Waals surface area contributed by atoms with Gasteiger partial charge in [0.05, 0.1) is 6.26 Å². The minimum Gasteiger partial charge on any atom is -0.480 e. The second kappa shape index (κ2) is 6.80. The van der Waals surface area contributed by atoms with Gasteiger partial charge in [-0.3, -0.25) is 14.4 Å². The Labute approximate surface area is 144 Å². The molecule has 2 unspecified atom stereocenters. The molecule has 2 N–H and O–H groups in total. The molecule has 1 aliphatic heterocycles. The molecule has 2 aromatic rings. The molecule has 3 rings (SSSR count). The SMILES string of the molecule is CC(NC(=O)C1Cc2ccccc2CN1C(=O)c1ccco1)C(=O)O. The quantitative estimate of drug-likeness (QED) is 0.876. The zero-order valence-electron chi connectivity index (χ0n) is 13.6. The van der Waals surface area contributed by atoms with Crippen molar-refractivity contribution in [3.63, 3.8) is 0 Å². The van der Waals surface area contributed by atoms with Gasteiger partial charge in [0, 0.05) is 13.0 Å². The summed E-state index contributed by atoms with van der Waals surface area (Å²) in [4.78, 5) is 37.8. The van der Waals surface area contributed by atoms with Crippen LogP contribution in [0.1, 0.15) is 28.6 Å². The predicted octanol–water partition coefficient (Wildman–Crippen LogP) is 1.44. The Morgan fingerprint density at radius 3 is 2.56 bits per heavy atom. The first-order valence-corrected chi connectivity index (χ1v) is 7.92. The van der Waals surface area contributed by atoms with E-state index in [0.717, 1.165) is 11.1 Å². The van der Waals surface area contributed by atoms with Crippen molar-refractivity contribution in [1.29, 1.82) is 0 Å². The van der Waals surface area contributed by atoms with Crippen LogP contribution in [0.3, 0.4) is 0 Å². The largest absolute Gasteiger partial charge is 0.480 e. The van der Waals surface area contributed by atoms with Gasteiger partial charge in [0.2, 0.25) is 5.91 Å². The van der Waals surface area contributed by atoms with Crippen molar-refractivity contribution in [3.05, 3.63) is 59.5 Å². The van der Waals surface area contributed by atoms with Crippen LogP contribution in [0.4, 0.5) is 0 Å². The first-order valence-electron chi connectivity index (χ1n) is 7.92. The Morgan fingerprint density at radius 1 is 1.20 bits per heavy atom. The topological polar surface area (TPSA) is 99.9 Å². The van der Waals surface area contributed by atoms with Crippen LogP contribution in [0, 0.1) is 0 Å². The van der Waals surface area contributed by atoms with E-state index < -0.39 is 29.9 Å². The molecule has 1 aliphatic rings. The van der Waals surface area contributed by atoms with Crippen LogP contribution in [-0.2, 0) is 22.6 Å². The lowest BCUT2D eigenvalue weighted by atomic mass is 9.93. The summed E-state index contributed by atoms with van der Waals surface area (Å²) in [6, 6.07) is 8.87. The lowest BCUT2D eigenvalue weighted by molar-refractivity contribution is -0.142. The summed E-state index contributed by atoms with van der Waals surface area (Å²) in [5.41, 5.74) is 1.92. The molecule has 2 atom stereocenters. The first-order chi connectivity index (χ1) is 12.0. The number of fused-ring (bicyclic) bond motifs is 1. The zero-order chi connectivity index (χ0) is 18.0. The molecule has 0 saturated carbocycles. The molecule has 7 nitrogen and oxygen atoms in total. The van der Waals surface area contributed by atoms with Crippen LogP contribution in [0.5, 0.6) is 0 Å². The minimum absolute atomic E-state index is 0.142. The average molecular weight is 342 g/mol. The number of furan rings is 1. The maximum atomic E-state index is 12.7. The average Bonchev–Trinajstić information content (AvgIpc) is 3.14. The van der Waals surface area contributed by atoms with Crippen molar-refractivity contribution in [3.8, 4) is 0 Å². The van der Waals surface area contributed by atoms with Crippen LogP contribution >= 0.6 is 0 Å². The van der Waals surface area contributed by atoms with Crippen LogP contribution in [0.15, 0.2) is 47.1 Å². The number of amides is 2. The van der Waals surface area contributed by atoms with Gasteiger partial charge in [-0.25, -0.2) is 0 Å². The van der Waals surface area contributed by atoms with E-state index in [-0.39, 0.29) is 12.3 Å². The molecule has 0 aliphatic carbocycles. The van der Waals surface area contributed by atoms with Gasteiger partial charge >= 0.3 is 5.97 Å². The van der Waals surface area contributed by atoms with Gasteiger partial charge in [-0.15, -0.1) is 0 Å². The molecular formula is C18H18N2O5. The highest BCUT2D eigenvalue weighted by Crippen LogP contribution is 2.25. The van der Waals surface area contributed by atoms with E-state index in [0.29, 0.717) is 6.42 Å². The Balaban J connectivity index is 1.90. The van der Waals surface area contributed by atoms with E-state index in [1.165, 1.54) is 24.2 Å². The van der Waals surface area contributed by atoms with Crippen LogP contribution in [-0.4, -0.2) is 39.9 Å². The summed E-state index contributed by atoms with van der Waals surface area (Å²) < 4.78 is 5.17. The van der Waals surface area contributed by atoms with Crippen molar-refractivity contribution in [2.24, 2.45) is 0 Å². The Bertz CT molecular complexity index is 800. The summed E-state index contributed by atoms with van der Waals surface area (Å²) >= 11 is 0. The number of aliphatic carboxylic acids is 1. The fourth-order valence-corrected chi connectivity index (χ4v) is 2.88. The third kappa shape index (κ3) is 3.40. The molecule has 25 heavy (non-hydrogen) atoms. The summed E-state index contributed by atoms with van der Waals surface area (Å²) in [5.74, 6) is -1.89. The summed E-state index contributed by atoms with van der Waals surface area (Å²) in [6.07, 6.45) is 1.72. The van der Waals surface area contributed by atoms with Crippen molar-refractivity contribution in [2.75, 3.05) is 0 Å². The van der Waals surface area contributed by atoms with E-state index in [2.05, 4.69) is 5.32 Å². The predicted molar refractivity (Wildman–Crippen MR) is 87.8 cm³/mol. The molecule has 1 aromatic heterocycles. The molecule has 0 spiro atoms. The van der Waals surface area contributed by atoms with E-state index in [1.54, 1.807) is 6.07 Å². The number of carbonyl (C=O) groups is 3. The highest BCUT2D eigenvalue weighted by atomic mass is 16.4. The lowest BCUT2D eigenvalue weighted by Gasteiger charge is -2.35. The van der Waals surface area contributed by atoms with Crippen LogP contribution in [0.2, 0.25) is 0 Å². The Hall–Kier alpha value is -3.09. The first kappa shape index (κ1) is 16.8. The van der Waals surface area contributed by atoms with Gasteiger partial charge in [-0.2, -0.15) is 0 Å². The molecule has 7 heteroatoms. The fraction of sp³-hybridized carbons (Fsp3) is 0.278. The maximum absolute atomic E-state index is 12.7. The van der Waals surface area contributed by atoms with Gasteiger partial charge in [-0.05, 0) is 30.2 Å². The molecule has 0 saturated heterocycles. The fourth-order valence-electron chi connectivity index (χ4n) is 2.88. The van der Waals surface area contributed by atoms with E-state index >= 15 is 0 Å². The van der Waals surface area contributed by atoms with Gasteiger partial charge in [-0.1, -0.05) is 24.3 Å². The summed E-state index contributed by atoms with van der Waals surface area (Å²) in [7, 11) is 0. The highest BCUT2D eigenvalue weighted by molar-refractivity contribution is 5.96. The normalized spacial score (nSPS) is 17.5. The van der Waals surface area contributed by atoms with Gasteiger partial charge in [0.25, 0.3) is 5.91 Å². The number of benzene rings is 1. The lowest BCUT2D eigenvalue weighted by Crippen LogP contribution is -2.55. The monoisotopic (exact) mass is 342 g/mol. The van der Waals surface area contributed by atoms with Gasteiger partial charge in [0.1, 0.15) is 12.1 Å². The van der Waals surface area contributed by atoms with E-state index in [9.17, 15) is 14.4 Å². The molecule has 0 fully saturated rings. The van der Waals surface area contributed by atoms with Crippen molar-refractivity contribution >= 4 is 17.8 Å². The number of rotatable bonds is 4. The zero-order valence-corrected chi connectivity index (χ0v) is 13.6. The van der Waals surface area contributed by atoms with Gasteiger partial charge in [0.15, 0.2) is 5.76 Å². The Morgan fingerprint density at radius 2 is 1.92 bits per heavy atom. The molecule has 0 radical (unpaired) electrons. The summed E-state index contributed by atoms with van der Waals surface area (Å²) in [5, 5.41) is 11.4.